The number of anilines is 1. The number of alkyl halides is 3. The second-order valence-corrected chi connectivity index (χ2v) is 6.23. The van der Waals surface area contributed by atoms with Crippen LogP contribution in [-0.4, -0.2) is 47.7 Å². The van der Waals surface area contributed by atoms with Crippen LogP contribution >= 0.6 is 11.6 Å². The Morgan fingerprint density at radius 3 is 2.58 bits per heavy atom. The van der Waals surface area contributed by atoms with E-state index >= 15 is 0 Å². The van der Waals surface area contributed by atoms with Crippen LogP contribution in [0.15, 0.2) is 18.2 Å². The van der Waals surface area contributed by atoms with E-state index in [0.717, 1.165) is 5.56 Å². The first-order valence-electron chi connectivity index (χ1n) is 7.16. The molecule has 1 saturated heterocycles. The molecular formula is C15H16ClF3N2O3. The smallest absolute Gasteiger partial charge is 0.393 e. The summed E-state index contributed by atoms with van der Waals surface area (Å²) in [5, 5.41) is 12.0. The molecule has 2 atom stereocenters. The molecule has 0 spiro atoms. The number of hydrogen-bond donors (Lipinski definition) is 2. The molecule has 2 rings (SSSR count). The maximum atomic E-state index is 12.9. The zero-order valence-electron chi connectivity index (χ0n) is 12.7. The summed E-state index contributed by atoms with van der Waals surface area (Å²) in [5.41, 5.74) is 1.22. The quantitative estimate of drug-likeness (QED) is 0.862. The number of carbonyl (C=O) groups excluding carboxylic acids is 1. The fourth-order valence-corrected chi connectivity index (χ4v) is 2.89. The van der Waals surface area contributed by atoms with E-state index in [1.165, 1.54) is 11.0 Å². The number of carboxylic acids is 1. The number of hydrogen-bond acceptors (Lipinski definition) is 3. The van der Waals surface area contributed by atoms with Gasteiger partial charge in [0.15, 0.2) is 0 Å². The van der Waals surface area contributed by atoms with Crippen LogP contribution in [0.4, 0.5) is 18.9 Å². The van der Waals surface area contributed by atoms with Gasteiger partial charge in [0.1, 0.15) is 0 Å². The van der Waals surface area contributed by atoms with Crippen molar-refractivity contribution >= 4 is 29.2 Å². The molecule has 0 radical (unpaired) electrons. The minimum atomic E-state index is -4.61. The predicted octanol–water partition coefficient (Wildman–Crippen LogP) is 2.78. The van der Waals surface area contributed by atoms with Crippen LogP contribution in [0.25, 0.3) is 0 Å². The molecule has 1 aromatic carbocycles. The van der Waals surface area contributed by atoms with Gasteiger partial charge in [-0.15, -0.1) is 0 Å². The highest BCUT2D eigenvalue weighted by molar-refractivity contribution is 6.31. The maximum absolute atomic E-state index is 12.9. The molecule has 24 heavy (non-hydrogen) atoms. The van der Waals surface area contributed by atoms with Gasteiger partial charge in [-0.3, -0.25) is 14.5 Å². The molecule has 0 unspecified atom stereocenters. The summed E-state index contributed by atoms with van der Waals surface area (Å²) in [7, 11) is 0. The van der Waals surface area contributed by atoms with Crippen LogP contribution in [-0.2, 0) is 9.59 Å². The van der Waals surface area contributed by atoms with Gasteiger partial charge >= 0.3 is 12.1 Å². The molecule has 1 heterocycles. The van der Waals surface area contributed by atoms with E-state index in [1.54, 1.807) is 19.1 Å². The van der Waals surface area contributed by atoms with Gasteiger partial charge < -0.3 is 10.4 Å². The summed E-state index contributed by atoms with van der Waals surface area (Å²) >= 11 is 5.84. The third-order valence-electron chi connectivity index (χ3n) is 3.97. The average Bonchev–Trinajstić information content (AvgIpc) is 2.87. The number of amides is 1. The minimum Gasteiger partial charge on any atom is -0.481 e. The lowest BCUT2D eigenvalue weighted by molar-refractivity contribution is -0.188. The van der Waals surface area contributed by atoms with Gasteiger partial charge in [-0.25, -0.2) is 0 Å². The lowest BCUT2D eigenvalue weighted by Gasteiger charge is -2.18. The molecule has 0 saturated carbocycles. The van der Waals surface area contributed by atoms with Crippen molar-refractivity contribution < 1.29 is 27.9 Å². The van der Waals surface area contributed by atoms with E-state index in [0.29, 0.717) is 10.7 Å². The number of rotatable bonds is 4. The molecule has 5 nitrogen and oxygen atoms in total. The Labute approximate surface area is 141 Å². The van der Waals surface area contributed by atoms with Crippen molar-refractivity contribution in [2.24, 2.45) is 11.8 Å². The predicted molar refractivity (Wildman–Crippen MR) is 81.9 cm³/mol. The number of carbonyl (C=O) groups is 2. The van der Waals surface area contributed by atoms with Crippen molar-refractivity contribution in [3.8, 4) is 0 Å². The Morgan fingerprint density at radius 2 is 2.04 bits per heavy atom. The highest BCUT2D eigenvalue weighted by Gasteiger charge is 2.52. The molecule has 1 fully saturated rings. The van der Waals surface area contributed by atoms with Gasteiger partial charge in [-0.2, -0.15) is 13.2 Å². The lowest BCUT2D eigenvalue weighted by atomic mass is 9.96. The zero-order chi connectivity index (χ0) is 18.1. The summed E-state index contributed by atoms with van der Waals surface area (Å²) in [5.74, 6) is -5.57. The van der Waals surface area contributed by atoms with Crippen molar-refractivity contribution in [2.75, 3.05) is 25.0 Å². The first kappa shape index (κ1) is 18.5. The normalized spacial score (nSPS) is 21.7. The van der Waals surface area contributed by atoms with E-state index in [1.807, 2.05) is 0 Å². The molecule has 1 aliphatic heterocycles. The van der Waals surface area contributed by atoms with Crippen LogP contribution in [0.5, 0.6) is 0 Å². The van der Waals surface area contributed by atoms with Gasteiger partial charge in [-0.1, -0.05) is 17.7 Å². The fourth-order valence-electron chi connectivity index (χ4n) is 2.72. The first-order chi connectivity index (χ1) is 11.1. The topological polar surface area (TPSA) is 69.6 Å². The Balaban J connectivity index is 2.02. The molecule has 0 aliphatic carbocycles. The summed E-state index contributed by atoms with van der Waals surface area (Å²) in [6.07, 6.45) is -4.61. The first-order valence-corrected chi connectivity index (χ1v) is 7.53. The molecular weight excluding hydrogens is 349 g/mol. The SMILES string of the molecule is Cc1ccc(Cl)cc1NC(=O)CN1C[C@@H](C(F)(F)F)[C@H](C(=O)O)C1. The second-order valence-electron chi connectivity index (χ2n) is 5.79. The molecule has 0 bridgehead atoms. The van der Waals surface area contributed by atoms with Gasteiger partial charge in [0.2, 0.25) is 5.91 Å². The molecule has 2 N–H and O–H groups in total. The van der Waals surface area contributed by atoms with Gasteiger partial charge in [0.25, 0.3) is 0 Å². The van der Waals surface area contributed by atoms with Gasteiger partial charge in [0, 0.05) is 23.8 Å². The second kappa shape index (κ2) is 6.98. The van der Waals surface area contributed by atoms with Gasteiger partial charge in [-0.05, 0) is 24.6 Å². The Bertz CT molecular complexity index is 651. The molecule has 1 aromatic rings. The van der Waals surface area contributed by atoms with E-state index in [9.17, 15) is 22.8 Å². The lowest BCUT2D eigenvalue weighted by Crippen LogP contribution is -2.34. The third kappa shape index (κ3) is 4.39. The molecule has 9 heteroatoms. The average molecular weight is 365 g/mol. The van der Waals surface area contributed by atoms with Crippen LogP contribution in [0.3, 0.4) is 0 Å². The van der Waals surface area contributed by atoms with E-state index in [4.69, 9.17) is 16.7 Å². The monoisotopic (exact) mass is 364 g/mol. The number of aryl methyl sites for hydroxylation is 1. The Hall–Kier alpha value is -1.80. The minimum absolute atomic E-state index is 0.317. The highest BCUT2D eigenvalue weighted by Crippen LogP contribution is 2.37. The number of carboxylic acid groups (broad SMARTS) is 1. The maximum Gasteiger partial charge on any atom is 0.393 e. The van der Waals surface area contributed by atoms with E-state index in [2.05, 4.69) is 5.32 Å². The number of nitrogens with zero attached hydrogens (tertiary/aromatic N) is 1. The van der Waals surface area contributed by atoms with Crippen molar-refractivity contribution in [1.29, 1.82) is 0 Å². The van der Waals surface area contributed by atoms with Crippen molar-refractivity contribution in [3.05, 3.63) is 28.8 Å². The summed E-state index contributed by atoms with van der Waals surface area (Å²) in [6.45, 7) is 0.605. The number of benzene rings is 1. The van der Waals surface area contributed by atoms with Crippen molar-refractivity contribution in [1.82, 2.24) is 4.90 Å². The summed E-state index contributed by atoms with van der Waals surface area (Å²) in [6, 6.07) is 4.89. The largest absolute Gasteiger partial charge is 0.481 e. The van der Waals surface area contributed by atoms with Crippen molar-refractivity contribution in [3.63, 3.8) is 0 Å². The van der Waals surface area contributed by atoms with Gasteiger partial charge in [0.05, 0.1) is 18.4 Å². The zero-order valence-corrected chi connectivity index (χ0v) is 13.5. The molecule has 1 amide bonds. The number of nitrogens with one attached hydrogen (secondary N) is 1. The number of aliphatic carboxylic acids is 1. The van der Waals surface area contributed by atoms with Crippen molar-refractivity contribution in [2.45, 2.75) is 13.1 Å². The summed E-state index contributed by atoms with van der Waals surface area (Å²) in [4.78, 5) is 24.3. The highest BCUT2D eigenvalue weighted by atomic mass is 35.5. The van der Waals surface area contributed by atoms with E-state index in [-0.39, 0.29) is 13.1 Å². The summed E-state index contributed by atoms with van der Waals surface area (Å²) < 4.78 is 38.8. The number of halogens is 4. The van der Waals surface area contributed by atoms with E-state index < -0.39 is 36.4 Å². The van der Waals surface area contributed by atoms with Crippen LogP contribution in [0.2, 0.25) is 5.02 Å². The van der Waals surface area contributed by atoms with Crippen LogP contribution in [0, 0.1) is 18.8 Å². The Morgan fingerprint density at radius 1 is 1.38 bits per heavy atom. The fraction of sp³-hybridized carbons (Fsp3) is 0.467. The standard InChI is InChI=1S/C15H16ClF3N2O3/c1-8-2-3-9(16)4-12(8)20-13(22)7-21-5-10(14(23)24)11(6-21)15(17,18)19/h2-4,10-11H,5-7H2,1H3,(H,20,22)(H,23,24)/t10-,11-/m1/s1. The molecule has 1 aliphatic rings. The van der Waals surface area contributed by atoms with Crippen LogP contribution < -0.4 is 5.32 Å². The number of likely N-dealkylation sites (tertiary alicyclic amines) is 1. The van der Waals surface area contributed by atoms with Crippen LogP contribution in [0.1, 0.15) is 5.56 Å². The Kier molecular flexibility index (Phi) is 5.39. The molecule has 0 aromatic heterocycles. The third-order valence-corrected chi connectivity index (χ3v) is 4.21. The molecule has 132 valence electrons.